The van der Waals surface area contributed by atoms with Crippen LogP contribution in [0, 0.1) is 38.0 Å². The van der Waals surface area contributed by atoms with Gasteiger partial charge in [-0.15, -0.1) is 0 Å². The Bertz CT molecular complexity index is 1200. The van der Waals surface area contributed by atoms with Crippen LogP contribution in [-0.4, -0.2) is 16.6 Å². The zero-order valence-corrected chi connectivity index (χ0v) is 27.6. The molecule has 37 heavy (non-hydrogen) atoms. The summed E-state index contributed by atoms with van der Waals surface area (Å²) in [4.78, 5) is 0. The molecule has 0 bridgehead atoms. The van der Waals surface area contributed by atoms with Gasteiger partial charge in [-0.1, -0.05) is 95.0 Å². The Labute approximate surface area is 233 Å². The molecule has 0 amide bonds. The summed E-state index contributed by atoms with van der Waals surface area (Å²) in [5.74, 6) is 9.58. The van der Waals surface area contributed by atoms with Crippen molar-refractivity contribution in [3.8, 4) is 17.8 Å². The van der Waals surface area contributed by atoms with E-state index in [-0.39, 0.29) is 10.1 Å². The monoisotopic (exact) mass is 551 g/mol. The van der Waals surface area contributed by atoms with Gasteiger partial charge in [0.2, 0.25) is 5.60 Å². The summed E-state index contributed by atoms with van der Waals surface area (Å²) in [6.45, 7) is 26.2. The lowest BCUT2D eigenvalue weighted by atomic mass is 9.90. The fourth-order valence-electron chi connectivity index (χ4n) is 3.47. The Morgan fingerprint density at radius 2 is 1.38 bits per heavy atom. The van der Waals surface area contributed by atoms with Crippen molar-refractivity contribution in [3.05, 3.63) is 76.2 Å². The van der Waals surface area contributed by atoms with Gasteiger partial charge in [0.05, 0.1) is 0 Å². The van der Waals surface area contributed by atoms with Crippen LogP contribution in [0.15, 0.2) is 42.5 Å². The lowest BCUT2D eigenvalue weighted by Crippen LogP contribution is -2.48. The Kier molecular flexibility index (Phi) is 9.45. The third-order valence-corrected chi connectivity index (χ3v) is 17.0. The summed E-state index contributed by atoms with van der Waals surface area (Å²) in [6.07, 6.45) is 8.05. The molecule has 0 aliphatic carbocycles. The Morgan fingerprint density at radius 1 is 0.838 bits per heavy atom. The largest absolute Gasteiger partial charge is 0.399 e. The lowest BCUT2D eigenvalue weighted by Gasteiger charge is -2.42. The van der Waals surface area contributed by atoms with E-state index in [1.165, 1.54) is 0 Å². The number of benzene rings is 2. The molecule has 2 unspecified atom stereocenters. The first kappa shape index (κ1) is 31.4. The molecule has 0 N–H and O–H groups in total. The van der Waals surface area contributed by atoms with E-state index in [4.69, 9.17) is 26.9 Å². The number of aryl methyl sites for hydroxylation is 2. The van der Waals surface area contributed by atoms with Gasteiger partial charge in [0.1, 0.15) is 6.10 Å². The molecule has 5 heteroatoms. The molecule has 2 aromatic rings. The number of hydrogen-bond donors (Lipinski definition) is 0. The van der Waals surface area contributed by atoms with Gasteiger partial charge in [-0.3, -0.25) is 0 Å². The molecule has 0 aliphatic rings. The average Bonchev–Trinajstić information content (AvgIpc) is 2.74. The molecule has 2 nitrogen and oxygen atoms in total. The average molecular weight is 552 g/mol. The summed E-state index contributed by atoms with van der Waals surface area (Å²) >= 11 is 6.20. The maximum Gasteiger partial charge on any atom is 0.208 e. The highest BCUT2D eigenvalue weighted by Crippen LogP contribution is 2.43. The van der Waals surface area contributed by atoms with Crippen molar-refractivity contribution in [1.82, 2.24) is 0 Å². The molecule has 2 rings (SSSR count). The summed E-state index contributed by atoms with van der Waals surface area (Å²) < 4.78 is 13.8. The van der Waals surface area contributed by atoms with Crippen molar-refractivity contribution in [2.75, 3.05) is 0 Å². The molecule has 0 heterocycles. The summed E-state index contributed by atoms with van der Waals surface area (Å²) in [5, 5.41) is 0.610. The standard InChI is InChI=1S/C32H44ClO2Si2/c1-14-32(35-37(12,13)31(7,8)9,28-20-15-24(2)23-25(28)3)22-21-29(26-16-18-27(33)19-17-26)34-36(10,11)30(4,5)6/h15-20,23,29H,2-13H3. The Morgan fingerprint density at radius 3 is 1.84 bits per heavy atom. The van der Waals surface area contributed by atoms with Crippen LogP contribution in [0.1, 0.15) is 69.9 Å². The molecule has 0 aliphatic heterocycles. The van der Waals surface area contributed by atoms with E-state index < -0.39 is 28.3 Å². The number of halogens is 1. The number of rotatable bonds is 6. The SMILES string of the molecule is [C]#CC(C#CC(O[Si](C)(C)C(C)(C)C)c1ccc(Cl)cc1)(O[Si](C)(C)C(C)(C)C)c1ccc(C)cc1C. The lowest BCUT2D eigenvalue weighted by molar-refractivity contribution is 0.169. The Balaban J connectivity index is 2.79. The van der Waals surface area contributed by atoms with Gasteiger partial charge >= 0.3 is 0 Å². The highest BCUT2D eigenvalue weighted by Gasteiger charge is 2.45. The van der Waals surface area contributed by atoms with Crippen molar-refractivity contribution in [3.63, 3.8) is 0 Å². The molecule has 2 atom stereocenters. The van der Waals surface area contributed by atoms with Gasteiger partial charge in [0.25, 0.3) is 0 Å². The first-order chi connectivity index (χ1) is 16.7. The quantitative estimate of drug-likeness (QED) is 0.263. The normalized spacial score (nSPS) is 15.2. The van der Waals surface area contributed by atoms with Gasteiger partial charge in [-0.05, 0) is 91.6 Å². The van der Waals surface area contributed by atoms with Crippen LogP contribution in [0.3, 0.4) is 0 Å². The van der Waals surface area contributed by atoms with Crippen molar-refractivity contribution < 1.29 is 8.85 Å². The highest BCUT2D eigenvalue weighted by molar-refractivity contribution is 6.74. The molecule has 0 saturated heterocycles. The maximum atomic E-state index is 8.53. The Hall–Kier alpha value is -1.80. The third-order valence-electron chi connectivity index (χ3n) is 7.92. The zero-order chi connectivity index (χ0) is 28.4. The molecule has 0 fully saturated rings. The van der Waals surface area contributed by atoms with E-state index in [2.05, 4.69) is 98.5 Å². The summed E-state index contributed by atoms with van der Waals surface area (Å²) in [6, 6.07) is 13.9. The molecule has 0 aromatic heterocycles. The van der Waals surface area contributed by atoms with Gasteiger partial charge < -0.3 is 8.85 Å². The fraction of sp³-hybridized carbons (Fsp3) is 0.500. The number of hydrogen-bond acceptors (Lipinski definition) is 2. The van der Waals surface area contributed by atoms with Gasteiger partial charge in [-0.25, -0.2) is 0 Å². The minimum atomic E-state index is -2.35. The second-order valence-corrected chi connectivity index (χ2v) is 23.0. The van der Waals surface area contributed by atoms with E-state index in [9.17, 15) is 0 Å². The first-order valence-corrected chi connectivity index (χ1v) is 19.1. The molecule has 2 aromatic carbocycles. The zero-order valence-electron chi connectivity index (χ0n) is 24.8. The van der Waals surface area contributed by atoms with Crippen LogP contribution in [0.2, 0.25) is 41.3 Å². The molecular formula is C32H44ClO2Si2. The van der Waals surface area contributed by atoms with E-state index in [1.807, 2.05) is 43.3 Å². The minimum Gasteiger partial charge on any atom is -0.399 e. The van der Waals surface area contributed by atoms with Crippen molar-refractivity contribution in [2.45, 2.75) is 103 Å². The van der Waals surface area contributed by atoms with Crippen molar-refractivity contribution >= 4 is 28.2 Å². The van der Waals surface area contributed by atoms with E-state index >= 15 is 0 Å². The summed E-state index contributed by atoms with van der Waals surface area (Å²) in [7, 11) is -4.53. The van der Waals surface area contributed by atoms with E-state index in [0.717, 1.165) is 22.3 Å². The molecule has 0 saturated carbocycles. The molecular weight excluding hydrogens is 508 g/mol. The second-order valence-electron chi connectivity index (χ2n) is 13.1. The topological polar surface area (TPSA) is 18.5 Å². The predicted octanol–water partition coefficient (Wildman–Crippen LogP) is 9.53. The van der Waals surface area contributed by atoms with E-state index in [0.29, 0.717) is 5.02 Å². The minimum absolute atomic E-state index is 0.00923. The van der Waals surface area contributed by atoms with Gasteiger partial charge in [0.15, 0.2) is 16.6 Å². The maximum absolute atomic E-state index is 8.53. The second kappa shape index (κ2) is 11.1. The highest BCUT2D eigenvalue weighted by atomic mass is 35.5. The fourth-order valence-corrected chi connectivity index (χ4v) is 6.02. The van der Waals surface area contributed by atoms with Gasteiger partial charge in [0, 0.05) is 10.6 Å². The van der Waals surface area contributed by atoms with Crippen LogP contribution in [0.5, 0.6) is 0 Å². The van der Waals surface area contributed by atoms with Crippen LogP contribution in [0.25, 0.3) is 0 Å². The van der Waals surface area contributed by atoms with Crippen LogP contribution >= 0.6 is 11.6 Å². The first-order valence-electron chi connectivity index (χ1n) is 12.9. The van der Waals surface area contributed by atoms with E-state index in [1.54, 1.807) is 0 Å². The van der Waals surface area contributed by atoms with Crippen LogP contribution < -0.4 is 0 Å². The molecule has 1 radical (unpaired) electrons. The van der Waals surface area contributed by atoms with Crippen molar-refractivity contribution in [2.24, 2.45) is 0 Å². The third kappa shape index (κ3) is 7.41. The van der Waals surface area contributed by atoms with Gasteiger partial charge in [-0.2, -0.15) is 0 Å². The smallest absolute Gasteiger partial charge is 0.208 e. The summed E-state index contributed by atoms with van der Waals surface area (Å²) in [5.41, 5.74) is 2.67. The molecule has 199 valence electrons. The van der Waals surface area contributed by atoms with Crippen LogP contribution in [-0.2, 0) is 14.5 Å². The van der Waals surface area contributed by atoms with Crippen molar-refractivity contribution in [1.29, 1.82) is 0 Å². The predicted molar refractivity (Wildman–Crippen MR) is 163 cm³/mol. The molecule has 0 spiro atoms. The van der Waals surface area contributed by atoms with Crippen LogP contribution in [0.4, 0.5) is 0 Å².